The van der Waals surface area contributed by atoms with Crippen molar-refractivity contribution in [2.75, 3.05) is 0 Å². The number of allylic oxidation sites excluding steroid dienone is 1. The largest absolute Gasteiger partial charge is 0.193 e. The van der Waals surface area contributed by atoms with Crippen LogP contribution in [-0.2, 0) is 6.42 Å². The second-order valence-electron chi connectivity index (χ2n) is 3.10. The average molecular weight is 206 g/mol. The highest BCUT2D eigenvalue weighted by atomic mass is 35.5. The maximum Gasteiger partial charge on any atom is 0.0959 e. The molecule has 0 spiro atoms. The number of hydrogen-bond donors (Lipinski definition) is 0. The topological polar surface area (TPSA) is 23.8 Å². The summed E-state index contributed by atoms with van der Waals surface area (Å²) in [6, 6.07) is 9.99. The van der Waals surface area contributed by atoms with Gasteiger partial charge in [-0.1, -0.05) is 42.8 Å². The van der Waals surface area contributed by atoms with E-state index in [1.54, 1.807) is 6.92 Å². The van der Waals surface area contributed by atoms with Crippen LogP contribution in [0.3, 0.4) is 0 Å². The summed E-state index contributed by atoms with van der Waals surface area (Å²) in [5.41, 5.74) is 2.73. The second-order valence-corrected chi connectivity index (χ2v) is 3.48. The Balaban J connectivity index is 3.05. The van der Waals surface area contributed by atoms with E-state index in [0.717, 1.165) is 12.0 Å². The van der Waals surface area contributed by atoms with Gasteiger partial charge < -0.3 is 0 Å². The van der Waals surface area contributed by atoms with Crippen LogP contribution in [-0.4, -0.2) is 0 Å². The number of halogens is 1. The maximum atomic E-state index is 8.67. The summed E-state index contributed by atoms with van der Waals surface area (Å²) in [6.45, 7) is 3.82. The van der Waals surface area contributed by atoms with Crippen molar-refractivity contribution >= 4 is 16.6 Å². The monoisotopic (exact) mass is 205 g/mol. The van der Waals surface area contributed by atoms with E-state index < -0.39 is 0 Å². The third-order valence-corrected chi connectivity index (χ3v) is 2.61. The molecule has 2 heteroatoms. The van der Waals surface area contributed by atoms with Crippen molar-refractivity contribution in [3.63, 3.8) is 0 Å². The summed E-state index contributed by atoms with van der Waals surface area (Å²) < 4.78 is 0. The van der Waals surface area contributed by atoms with Gasteiger partial charge >= 0.3 is 0 Å². The lowest BCUT2D eigenvalue weighted by atomic mass is 10.1. The van der Waals surface area contributed by atoms with Gasteiger partial charge in [0.25, 0.3) is 0 Å². The summed E-state index contributed by atoms with van der Waals surface area (Å²) in [4.78, 5) is 0. The lowest BCUT2D eigenvalue weighted by molar-refractivity contribution is 1.14. The summed E-state index contributed by atoms with van der Waals surface area (Å²) in [5.74, 6) is 0. The van der Waals surface area contributed by atoms with Crippen LogP contribution in [0.1, 0.15) is 25.0 Å². The van der Waals surface area contributed by atoms with Crippen LogP contribution in [0.4, 0.5) is 0 Å². The molecular weight excluding hydrogens is 194 g/mol. The first kappa shape index (κ1) is 10.8. The molecule has 0 aromatic heterocycles. The van der Waals surface area contributed by atoms with Crippen molar-refractivity contribution < 1.29 is 0 Å². The smallest absolute Gasteiger partial charge is 0.0959 e. The van der Waals surface area contributed by atoms with Crippen LogP contribution in [0, 0.1) is 11.3 Å². The van der Waals surface area contributed by atoms with E-state index in [-0.39, 0.29) is 0 Å². The Hall–Kier alpha value is -1.26. The number of nitriles is 1. The van der Waals surface area contributed by atoms with Gasteiger partial charge in [0.15, 0.2) is 0 Å². The van der Waals surface area contributed by atoms with Crippen molar-refractivity contribution in [2.24, 2.45) is 0 Å². The predicted octanol–water partition coefficient (Wildman–Crippen LogP) is 3.74. The highest BCUT2D eigenvalue weighted by molar-refractivity contribution is 6.49. The third kappa shape index (κ3) is 2.37. The van der Waals surface area contributed by atoms with E-state index in [0.29, 0.717) is 10.6 Å². The Morgan fingerprint density at radius 1 is 1.36 bits per heavy atom. The first-order chi connectivity index (χ1) is 6.69. The Kier molecular flexibility index (Phi) is 3.73. The fourth-order valence-electron chi connectivity index (χ4n) is 1.15. The third-order valence-electron chi connectivity index (χ3n) is 2.11. The molecule has 1 aromatic carbocycles. The molecule has 0 atom stereocenters. The van der Waals surface area contributed by atoms with E-state index in [9.17, 15) is 0 Å². The maximum absolute atomic E-state index is 8.67. The fourth-order valence-corrected chi connectivity index (χ4v) is 1.32. The lowest BCUT2D eigenvalue weighted by Gasteiger charge is -2.01. The molecule has 0 aliphatic carbocycles. The molecule has 0 unspecified atom stereocenters. The van der Waals surface area contributed by atoms with Crippen molar-refractivity contribution in [3.05, 3.63) is 41.0 Å². The fraction of sp³-hybridized carbons (Fsp3) is 0.250. The molecule has 1 rings (SSSR count). The second kappa shape index (κ2) is 4.83. The van der Waals surface area contributed by atoms with E-state index in [4.69, 9.17) is 16.9 Å². The van der Waals surface area contributed by atoms with Gasteiger partial charge in [0.2, 0.25) is 0 Å². The molecule has 0 aliphatic heterocycles. The molecule has 0 N–H and O–H groups in total. The molecule has 72 valence electrons. The van der Waals surface area contributed by atoms with Crippen LogP contribution in [0.5, 0.6) is 0 Å². The van der Waals surface area contributed by atoms with Crippen LogP contribution in [0.25, 0.3) is 5.03 Å². The minimum absolute atomic E-state index is 0.537. The number of benzene rings is 1. The molecule has 0 heterocycles. The van der Waals surface area contributed by atoms with Gasteiger partial charge in [0.05, 0.1) is 11.1 Å². The summed E-state index contributed by atoms with van der Waals surface area (Å²) in [5, 5.41) is 9.21. The number of hydrogen-bond acceptors (Lipinski definition) is 1. The standard InChI is InChI=1S/C12H12ClN/c1-3-10-4-6-11(7-5-10)12(13)9(2)8-14/h4-7H,3H2,1-2H3. The Labute approximate surface area is 89.6 Å². The highest BCUT2D eigenvalue weighted by Gasteiger charge is 2.01. The van der Waals surface area contributed by atoms with Crippen LogP contribution < -0.4 is 0 Å². The van der Waals surface area contributed by atoms with Crippen LogP contribution in [0.2, 0.25) is 0 Å². The van der Waals surface area contributed by atoms with Crippen LogP contribution in [0.15, 0.2) is 29.8 Å². The zero-order chi connectivity index (χ0) is 10.6. The predicted molar refractivity (Wildman–Crippen MR) is 59.9 cm³/mol. The summed E-state index contributed by atoms with van der Waals surface area (Å²) in [6.07, 6.45) is 1.01. The van der Waals surface area contributed by atoms with E-state index >= 15 is 0 Å². The minimum atomic E-state index is 0.537. The quantitative estimate of drug-likeness (QED) is 0.675. The number of rotatable bonds is 2. The molecule has 1 nitrogen and oxygen atoms in total. The molecule has 0 fully saturated rings. The van der Waals surface area contributed by atoms with Gasteiger partial charge in [-0.05, 0) is 24.5 Å². The van der Waals surface area contributed by atoms with E-state index in [1.807, 2.05) is 30.3 Å². The van der Waals surface area contributed by atoms with Crippen LogP contribution >= 0.6 is 11.6 Å². The van der Waals surface area contributed by atoms with E-state index in [1.165, 1.54) is 5.56 Å². The van der Waals surface area contributed by atoms with Crippen molar-refractivity contribution in [3.8, 4) is 6.07 Å². The van der Waals surface area contributed by atoms with Crippen molar-refractivity contribution in [1.29, 1.82) is 5.26 Å². The molecule has 0 bridgehead atoms. The van der Waals surface area contributed by atoms with Gasteiger partial charge in [-0.15, -0.1) is 0 Å². The van der Waals surface area contributed by atoms with Crippen molar-refractivity contribution in [1.82, 2.24) is 0 Å². The minimum Gasteiger partial charge on any atom is -0.193 e. The van der Waals surface area contributed by atoms with Gasteiger partial charge in [0.1, 0.15) is 0 Å². The average Bonchev–Trinajstić information content (AvgIpc) is 2.27. The van der Waals surface area contributed by atoms with Gasteiger partial charge in [-0.3, -0.25) is 0 Å². The SMILES string of the molecule is CCc1ccc(C(Cl)=C(C)C#N)cc1. The molecule has 1 aromatic rings. The van der Waals surface area contributed by atoms with Gasteiger partial charge in [-0.2, -0.15) is 5.26 Å². The van der Waals surface area contributed by atoms with Gasteiger partial charge in [0, 0.05) is 5.57 Å². The molecule has 14 heavy (non-hydrogen) atoms. The van der Waals surface area contributed by atoms with Gasteiger partial charge in [-0.25, -0.2) is 0 Å². The van der Waals surface area contributed by atoms with Crippen molar-refractivity contribution in [2.45, 2.75) is 20.3 Å². The lowest BCUT2D eigenvalue weighted by Crippen LogP contribution is -1.83. The first-order valence-electron chi connectivity index (χ1n) is 4.54. The highest BCUT2D eigenvalue weighted by Crippen LogP contribution is 2.22. The number of aryl methyl sites for hydroxylation is 1. The first-order valence-corrected chi connectivity index (χ1v) is 4.92. The number of nitrogens with zero attached hydrogens (tertiary/aromatic N) is 1. The molecule has 0 amide bonds. The summed E-state index contributed by atoms with van der Waals surface area (Å²) in [7, 11) is 0. The Bertz CT molecular complexity index is 382. The zero-order valence-electron chi connectivity index (χ0n) is 8.34. The molecular formula is C12H12ClN. The molecule has 0 saturated heterocycles. The Morgan fingerprint density at radius 2 is 1.93 bits per heavy atom. The summed E-state index contributed by atoms with van der Waals surface area (Å²) >= 11 is 6.01. The molecule has 0 radical (unpaired) electrons. The normalized spacial score (nSPS) is 11.9. The molecule has 0 aliphatic rings. The zero-order valence-corrected chi connectivity index (χ0v) is 9.10. The molecule has 0 saturated carbocycles. The Morgan fingerprint density at radius 3 is 2.36 bits per heavy atom. The van der Waals surface area contributed by atoms with E-state index in [2.05, 4.69) is 6.92 Å².